The molecule has 0 heterocycles. The number of rotatable bonds is 2. The van der Waals surface area contributed by atoms with Crippen LogP contribution in [0.3, 0.4) is 0 Å². The lowest BCUT2D eigenvalue weighted by Gasteiger charge is -2.16. The zero-order chi connectivity index (χ0) is 11.9. The van der Waals surface area contributed by atoms with Crippen LogP contribution in [0.1, 0.15) is 22.9 Å². The highest BCUT2D eigenvalue weighted by Gasteiger charge is 2.33. The van der Waals surface area contributed by atoms with Crippen LogP contribution in [0.5, 0.6) is 11.5 Å². The van der Waals surface area contributed by atoms with Crippen molar-refractivity contribution in [3.05, 3.63) is 21.7 Å². The molecule has 1 aromatic carbocycles. The minimum atomic E-state index is 0.337. The SMILES string of the molecule is COc1cc(Br)c2c(c1OC)C(Br)C(C)C2. The van der Waals surface area contributed by atoms with Crippen molar-refractivity contribution >= 4 is 31.9 Å². The van der Waals surface area contributed by atoms with Gasteiger partial charge in [0.15, 0.2) is 11.5 Å². The fourth-order valence-corrected chi connectivity index (χ4v) is 3.49. The van der Waals surface area contributed by atoms with Gasteiger partial charge >= 0.3 is 0 Å². The maximum Gasteiger partial charge on any atom is 0.165 e. The van der Waals surface area contributed by atoms with E-state index in [0.29, 0.717) is 10.7 Å². The molecule has 0 spiro atoms. The summed E-state index contributed by atoms with van der Waals surface area (Å²) < 4.78 is 11.9. The largest absolute Gasteiger partial charge is 0.493 e. The first-order valence-corrected chi connectivity index (χ1v) is 6.88. The van der Waals surface area contributed by atoms with Gasteiger partial charge in [-0.05, 0) is 24.0 Å². The highest BCUT2D eigenvalue weighted by atomic mass is 79.9. The molecule has 1 aromatic rings. The molecule has 0 amide bonds. The van der Waals surface area contributed by atoms with Crippen LogP contribution in [0, 0.1) is 5.92 Å². The Morgan fingerprint density at radius 1 is 1.31 bits per heavy atom. The third-order valence-electron chi connectivity index (χ3n) is 3.07. The van der Waals surface area contributed by atoms with Gasteiger partial charge in [0.2, 0.25) is 0 Å². The number of hydrogen-bond donors (Lipinski definition) is 0. The van der Waals surface area contributed by atoms with Crippen molar-refractivity contribution in [3.63, 3.8) is 0 Å². The second kappa shape index (κ2) is 4.57. The molecule has 0 radical (unpaired) electrons. The van der Waals surface area contributed by atoms with Gasteiger partial charge in [0.25, 0.3) is 0 Å². The van der Waals surface area contributed by atoms with Gasteiger partial charge in [0.1, 0.15) is 0 Å². The topological polar surface area (TPSA) is 18.5 Å². The normalized spacial score (nSPS) is 23.1. The second-order valence-corrected chi connectivity index (χ2v) is 5.91. The Labute approximate surface area is 113 Å². The Balaban J connectivity index is 2.66. The van der Waals surface area contributed by atoms with Crippen molar-refractivity contribution in [1.29, 1.82) is 0 Å². The maximum atomic E-state index is 5.48. The predicted octanol–water partition coefficient (Wildman–Crippen LogP) is 4.09. The van der Waals surface area contributed by atoms with E-state index < -0.39 is 0 Å². The fraction of sp³-hybridized carbons (Fsp3) is 0.500. The molecule has 1 aliphatic carbocycles. The van der Waals surface area contributed by atoms with Gasteiger partial charge in [0.05, 0.1) is 14.2 Å². The van der Waals surface area contributed by atoms with E-state index in [0.717, 1.165) is 22.4 Å². The minimum absolute atomic E-state index is 0.337. The van der Waals surface area contributed by atoms with Crippen molar-refractivity contribution in [2.75, 3.05) is 14.2 Å². The van der Waals surface area contributed by atoms with Crippen molar-refractivity contribution < 1.29 is 9.47 Å². The van der Waals surface area contributed by atoms with Crippen LogP contribution in [0.2, 0.25) is 0 Å². The quantitative estimate of drug-likeness (QED) is 0.748. The molecular weight excluding hydrogens is 336 g/mol. The molecule has 88 valence electrons. The molecule has 0 bridgehead atoms. The number of methoxy groups -OCH3 is 2. The Hall–Kier alpha value is -0.220. The third-order valence-corrected chi connectivity index (χ3v) is 5.13. The van der Waals surface area contributed by atoms with Crippen LogP contribution in [0.15, 0.2) is 10.5 Å². The van der Waals surface area contributed by atoms with Gasteiger partial charge in [0, 0.05) is 14.9 Å². The highest BCUT2D eigenvalue weighted by molar-refractivity contribution is 9.10. The summed E-state index contributed by atoms with van der Waals surface area (Å²) in [5.74, 6) is 2.21. The van der Waals surface area contributed by atoms with E-state index >= 15 is 0 Å². The molecule has 2 atom stereocenters. The van der Waals surface area contributed by atoms with Crippen molar-refractivity contribution in [2.24, 2.45) is 5.92 Å². The molecule has 0 N–H and O–H groups in total. The number of fused-ring (bicyclic) bond motifs is 1. The average molecular weight is 350 g/mol. The van der Waals surface area contributed by atoms with Crippen LogP contribution in [0.25, 0.3) is 0 Å². The van der Waals surface area contributed by atoms with E-state index in [2.05, 4.69) is 38.8 Å². The highest BCUT2D eigenvalue weighted by Crippen LogP contribution is 2.52. The van der Waals surface area contributed by atoms with Crippen LogP contribution >= 0.6 is 31.9 Å². The molecule has 0 aliphatic heterocycles. The average Bonchev–Trinajstić information content (AvgIpc) is 2.57. The van der Waals surface area contributed by atoms with Crippen molar-refractivity contribution in [3.8, 4) is 11.5 Å². The second-order valence-electron chi connectivity index (χ2n) is 4.07. The Morgan fingerprint density at radius 3 is 2.56 bits per heavy atom. The van der Waals surface area contributed by atoms with Crippen molar-refractivity contribution in [1.82, 2.24) is 0 Å². The summed E-state index contributed by atoms with van der Waals surface area (Å²) in [6.07, 6.45) is 1.06. The molecule has 0 saturated heterocycles. The van der Waals surface area contributed by atoms with Gasteiger partial charge < -0.3 is 9.47 Å². The number of alkyl halides is 1. The minimum Gasteiger partial charge on any atom is -0.493 e. The fourth-order valence-electron chi connectivity index (χ4n) is 2.24. The molecule has 2 unspecified atom stereocenters. The Morgan fingerprint density at radius 2 is 2.00 bits per heavy atom. The Kier molecular flexibility index (Phi) is 3.50. The van der Waals surface area contributed by atoms with Gasteiger partial charge in [-0.15, -0.1) is 0 Å². The van der Waals surface area contributed by atoms with E-state index in [1.54, 1.807) is 14.2 Å². The predicted molar refractivity (Wildman–Crippen MR) is 71.8 cm³/mol. The molecule has 2 nitrogen and oxygen atoms in total. The first-order valence-electron chi connectivity index (χ1n) is 5.17. The molecular formula is C12H14Br2O2. The van der Waals surface area contributed by atoms with E-state index in [1.165, 1.54) is 11.1 Å². The third kappa shape index (κ3) is 1.76. The lowest BCUT2D eigenvalue weighted by Crippen LogP contribution is -1.99. The van der Waals surface area contributed by atoms with Crippen LogP contribution < -0.4 is 9.47 Å². The van der Waals surface area contributed by atoms with Gasteiger partial charge in [-0.25, -0.2) is 0 Å². The molecule has 0 saturated carbocycles. The van der Waals surface area contributed by atoms with Crippen LogP contribution in [-0.4, -0.2) is 14.2 Å². The molecule has 1 aliphatic rings. The number of halogens is 2. The summed E-state index contributed by atoms with van der Waals surface area (Å²) in [5.41, 5.74) is 2.55. The smallest absolute Gasteiger partial charge is 0.165 e. The van der Waals surface area contributed by atoms with Crippen molar-refractivity contribution in [2.45, 2.75) is 18.2 Å². The molecule has 16 heavy (non-hydrogen) atoms. The maximum absolute atomic E-state index is 5.48. The molecule has 0 aromatic heterocycles. The molecule has 4 heteroatoms. The van der Waals surface area contributed by atoms with E-state index in [4.69, 9.17) is 9.47 Å². The lowest BCUT2D eigenvalue weighted by molar-refractivity contribution is 0.351. The molecule has 0 fully saturated rings. The van der Waals surface area contributed by atoms with Gasteiger partial charge in [-0.3, -0.25) is 0 Å². The monoisotopic (exact) mass is 348 g/mol. The van der Waals surface area contributed by atoms with Crippen LogP contribution in [0.4, 0.5) is 0 Å². The zero-order valence-corrected chi connectivity index (χ0v) is 12.7. The summed E-state index contributed by atoms with van der Waals surface area (Å²) in [4.78, 5) is 0.337. The van der Waals surface area contributed by atoms with E-state index in [1.807, 2.05) is 6.07 Å². The standard InChI is InChI=1S/C12H14Br2O2/c1-6-4-7-8(13)5-9(15-2)12(16-3)10(7)11(6)14/h5-6,11H,4H2,1-3H3. The first-order chi connectivity index (χ1) is 7.60. The van der Waals surface area contributed by atoms with Crippen LogP contribution in [-0.2, 0) is 6.42 Å². The number of hydrogen-bond acceptors (Lipinski definition) is 2. The van der Waals surface area contributed by atoms with E-state index in [-0.39, 0.29) is 0 Å². The summed E-state index contributed by atoms with van der Waals surface area (Å²) in [6, 6.07) is 1.98. The summed E-state index contributed by atoms with van der Waals surface area (Å²) in [5, 5.41) is 0. The lowest BCUT2D eigenvalue weighted by atomic mass is 10.1. The summed E-state index contributed by atoms with van der Waals surface area (Å²) in [6.45, 7) is 2.23. The summed E-state index contributed by atoms with van der Waals surface area (Å²) >= 11 is 7.34. The molecule has 2 rings (SSSR count). The summed E-state index contributed by atoms with van der Waals surface area (Å²) in [7, 11) is 3.35. The number of benzene rings is 1. The van der Waals surface area contributed by atoms with Gasteiger partial charge in [-0.1, -0.05) is 38.8 Å². The van der Waals surface area contributed by atoms with E-state index in [9.17, 15) is 0 Å². The Bertz CT molecular complexity index is 418. The zero-order valence-electron chi connectivity index (χ0n) is 9.51. The van der Waals surface area contributed by atoms with Gasteiger partial charge in [-0.2, -0.15) is 0 Å². The first kappa shape index (κ1) is 12.2. The number of ether oxygens (including phenoxy) is 2.